The summed E-state index contributed by atoms with van der Waals surface area (Å²) in [5.41, 5.74) is 5.29. The van der Waals surface area contributed by atoms with Crippen molar-refractivity contribution < 1.29 is 19.4 Å². The van der Waals surface area contributed by atoms with Crippen LogP contribution in [0.4, 0.5) is 0 Å². The lowest BCUT2D eigenvalue weighted by Crippen LogP contribution is -2.36. The van der Waals surface area contributed by atoms with E-state index in [1.54, 1.807) is 24.3 Å². The molecule has 0 fully saturated rings. The molecular formula is C10H13NO4. The van der Waals surface area contributed by atoms with Crippen LogP contribution in [-0.2, 0) is 4.79 Å². The Labute approximate surface area is 87.4 Å². The molecule has 5 heteroatoms. The van der Waals surface area contributed by atoms with Gasteiger partial charge in [-0.3, -0.25) is 4.79 Å². The molecule has 1 atom stereocenters. The summed E-state index contributed by atoms with van der Waals surface area (Å²) >= 11 is 0. The van der Waals surface area contributed by atoms with Crippen LogP contribution in [0.2, 0.25) is 0 Å². The molecule has 82 valence electrons. The number of para-hydroxylation sites is 2. The monoisotopic (exact) mass is 211 g/mol. The van der Waals surface area contributed by atoms with Gasteiger partial charge in [-0.2, -0.15) is 0 Å². The molecular weight excluding hydrogens is 198 g/mol. The molecule has 0 spiro atoms. The Hall–Kier alpha value is -1.75. The summed E-state index contributed by atoms with van der Waals surface area (Å²) in [6.07, 6.45) is 0. The predicted molar refractivity (Wildman–Crippen MR) is 54.1 cm³/mol. The number of hydrogen-bond acceptors (Lipinski definition) is 4. The summed E-state index contributed by atoms with van der Waals surface area (Å²) in [4.78, 5) is 10.4. The summed E-state index contributed by atoms with van der Waals surface area (Å²) in [6.45, 7) is -0.0876. The maximum atomic E-state index is 10.4. The van der Waals surface area contributed by atoms with Crippen LogP contribution in [0.25, 0.3) is 0 Å². The summed E-state index contributed by atoms with van der Waals surface area (Å²) in [5.74, 6) is -0.0586. The average Bonchev–Trinajstić information content (AvgIpc) is 2.26. The Morgan fingerprint density at radius 2 is 2.07 bits per heavy atom. The molecule has 0 bridgehead atoms. The van der Waals surface area contributed by atoms with Crippen molar-refractivity contribution in [3.05, 3.63) is 24.3 Å². The van der Waals surface area contributed by atoms with E-state index in [1.807, 2.05) is 0 Å². The standard InChI is InChI=1S/C10H13NO4/c1-14-8-4-2-3-5-9(8)15-6-7(11)10(12)13/h2-5,7H,6,11H2,1H3,(H,12,13)/t7-/m0/s1. The molecule has 1 rings (SSSR count). The molecule has 0 saturated carbocycles. The number of carboxylic acids is 1. The van der Waals surface area contributed by atoms with E-state index >= 15 is 0 Å². The minimum atomic E-state index is -1.09. The van der Waals surface area contributed by atoms with Crippen LogP contribution < -0.4 is 15.2 Å². The number of methoxy groups -OCH3 is 1. The SMILES string of the molecule is COc1ccccc1OC[C@H](N)C(=O)O. The molecule has 3 N–H and O–H groups in total. The lowest BCUT2D eigenvalue weighted by molar-refractivity contribution is -0.139. The molecule has 15 heavy (non-hydrogen) atoms. The molecule has 0 radical (unpaired) electrons. The highest BCUT2D eigenvalue weighted by Gasteiger charge is 2.13. The summed E-state index contributed by atoms with van der Waals surface area (Å²) in [6, 6.07) is 5.94. The van der Waals surface area contributed by atoms with Crippen LogP contribution in [0.5, 0.6) is 11.5 Å². The Balaban J connectivity index is 2.60. The van der Waals surface area contributed by atoms with Crippen molar-refractivity contribution in [3.63, 3.8) is 0 Å². The number of aliphatic carboxylic acids is 1. The highest BCUT2D eigenvalue weighted by Crippen LogP contribution is 2.25. The summed E-state index contributed by atoms with van der Waals surface area (Å²) in [5, 5.41) is 8.55. The molecule has 0 aliphatic heterocycles. The van der Waals surface area contributed by atoms with Crippen LogP contribution in [0.15, 0.2) is 24.3 Å². The first-order chi connectivity index (χ1) is 7.15. The third-order valence-corrected chi connectivity index (χ3v) is 1.80. The lowest BCUT2D eigenvalue weighted by Gasteiger charge is -2.11. The molecule has 0 aliphatic rings. The van der Waals surface area contributed by atoms with E-state index in [0.29, 0.717) is 11.5 Å². The Morgan fingerprint density at radius 1 is 1.47 bits per heavy atom. The van der Waals surface area contributed by atoms with Crippen LogP contribution >= 0.6 is 0 Å². The predicted octanol–water partition coefficient (Wildman–Crippen LogP) is 0.486. The van der Waals surface area contributed by atoms with Gasteiger partial charge in [-0.05, 0) is 12.1 Å². The molecule has 0 aromatic heterocycles. The van der Waals surface area contributed by atoms with E-state index in [-0.39, 0.29) is 6.61 Å². The maximum absolute atomic E-state index is 10.4. The van der Waals surface area contributed by atoms with Crippen molar-refractivity contribution in [1.29, 1.82) is 0 Å². The van der Waals surface area contributed by atoms with Gasteiger partial charge >= 0.3 is 5.97 Å². The quantitative estimate of drug-likeness (QED) is 0.740. The molecule has 0 amide bonds. The first-order valence-electron chi connectivity index (χ1n) is 4.39. The maximum Gasteiger partial charge on any atom is 0.324 e. The van der Waals surface area contributed by atoms with E-state index in [2.05, 4.69) is 0 Å². The summed E-state index contributed by atoms with van der Waals surface area (Å²) < 4.78 is 10.2. The van der Waals surface area contributed by atoms with Crippen molar-refractivity contribution in [3.8, 4) is 11.5 Å². The number of hydrogen-bond donors (Lipinski definition) is 2. The number of rotatable bonds is 5. The average molecular weight is 211 g/mol. The third-order valence-electron chi connectivity index (χ3n) is 1.80. The van der Waals surface area contributed by atoms with Crippen LogP contribution in [0.1, 0.15) is 0 Å². The largest absolute Gasteiger partial charge is 0.493 e. The van der Waals surface area contributed by atoms with Crippen LogP contribution in [0.3, 0.4) is 0 Å². The molecule has 0 unspecified atom stereocenters. The van der Waals surface area contributed by atoms with E-state index in [4.69, 9.17) is 20.3 Å². The second-order valence-electron chi connectivity index (χ2n) is 2.91. The van der Waals surface area contributed by atoms with Gasteiger partial charge in [-0.15, -0.1) is 0 Å². The highest BCUT2D eigenvalue weighted by molar-refractivity contribution is 5.73. The third kappa shape index (κ3) is 3.14. The van der Waals surface area contributed by atoms with Gasteiger partial charge in [0.1, 0.15) is 12.6 Å². The highest BCUT2D eigenvalue weighted by atomic mass is 16.5. The fraction of sp³-hybridized carbons (Fsp3) is 0.300. The van der Waals surface area contributed by atoms with Gasteiger partial charge in [-0.1, -0.05) is 12.1 Å². The van der Waals surface area contributed by atoms with E-state index < -0.39 is 12.0 Å². The number of ether oxygens (including phenoxy) is 2. The first-order valence-corrected chi connectivity index (χ1v) is 4.39. The Bertz CT molecular complexity index is 340. The van der Waals surface area contributed by atoms with Crippen molar-refractivity contribution >= 4 is 5.97 Å². The van der Waals surface area contributed by atoms with Gasteiger partial charge in [-0.25, -0.2) is 0 Å². The van der Waals surface area contributed by atoms with Crippen molar-refractivity contribution in [2.24, 2.45) is 5.73 Å². The Morgan fingerprint density at radius 3 is 2.60 bits per heavy atom. The topological polar surface area (TPSA) is 81.8 Å². The molecule has 5 nitrogen and oxygen atoms in total. The van der Waals surface area contributed by atoms with Gasteiger partial charge in [0, 0.05) is 0 Å². The molecule has 0 heterocycles. The zero-order valence-corrected chi connectivity index (χ0v) is 8.34. The van der Waals surface area contributed by atoms with Crippen LogP contribution in [-0.4, -0.2) is 30.8 Å². The smallest absolute Gasteiger partial charge is 0.324 e. The van der Waals surface area contributed by atoms with Gasteiger partial charge < -0.3 is 20.3 Å². The minimum Gasteiger partial charge on any atom is -0.493 e. The molecule has 0 saturated heterocycles. The number of carboxylic acid groups (broad SMARTS) is 1. The number of carbonyl (C=O) groups is 1. The fourth-order valence-electron chi connectivity index (χ4n) is 0.989. The molecule has 1 aromatic rings. The van der Waals surface area contributed by atoms with E-state index in [9.17, 15) is 4.79 Å². The van der Waals surface area contributed by atoms with Crippen molar-refractivity contribution in [2.45, 2.75) is 6.04 Å². The number of nitrogens with two attached hydrogens (primary N) is 1. The Kier molecular flexibility index (Phi) is 3.93. The van der Waals surface area contributed by atoms with E-state index in [1.165, 1.54) is 7.11 Å². The van der Waals surface area contributed by atoms with E-state index in [0.717, 1.165) is 0 Å². The molecule has 1 aromatic carbocycles. The zero-order valence-electron chi connectivity index (χ0n) is 8.34. The lowest BCUT2D eigenvalue weighted by atomic mass is 10.3. The van der Waals surface area contributed by atoms with Gasteiger partial charge in [0.05, 0.1) is 7.11 Å². The second kappa shape index (κ2) is 5.21. The van der Waals surface area contributed by atoms with Gasteiger partial charge in [0.15, 0.2) is 11.5 Å². The normalized spacial score (nSPS) is 11.9. The van der Waals surface area contributed by atoms with Gasteiger partial charge in [0.25, 0.3) is 0 Å². The van der Waals surface area contributed by atoms with Gasteiger partial charge in [0.2, 0.25) is 0 Å². The minimum absolute atomic E-state index is 0.0876. The first kappa shape index (κ1) is 11.3. The van der Waals surface area contributed by atoms with Crippen molar-refractivity contribution in [2.75, 3.05) is 13.7 Å². The zero-order chi connectivity index (χ0) is 11.3. The van der Waals surface area contributed by atoms with Crippen LogP contribution in [0, 0.1) is 0 Å². The second-order valence-corrected chi connectivity index (χ2v) is 2.91. The summed E-state index contributed by atoms with van der Waals surface area (Å²) in [7, 11) is 1.51. The molecule has 0 aliphatic carbocycles. The van der Waals surface area contributed by atoms with Crippen molar-refractivity contribution in [1.82, 2.24) is 0 Å². The fourth-order valence-corrected chi connectivity index (χ4v) is 0.989. The number of benzene rings is 1.